The summed E-state index contributed by atoms with van der Waals surface area (Å²) >= 11 is 0. The van der Waals surface area contributed by atoms with Gasteiger partial charge in [0.1, 0.15) is 0 Å². The van der Waals surface area contributed by atoms with Crippen molar-refractivity contribution in [2.75, 3.05) is 32.5 Å². The van der Waals surface area contributed by atoms with Crippen LogP contribution >= 0.6 is 24.0 Å². The quantitative estimate of drug-likeness (QED) is 0.242. The van der Waals surface area contributed by atoms with Crippen LogP contribution in [0.1, 0.15) is 38.2 Å². The Morgan fingerprint density at radius 2 is 2.03 bits per heavy atom. The second-order valence-corrected chi connectivity index (χ2v) is 9.15. The van der Waals surface area contributed by atoms with Gasteiger partial charge >= 0.3 is 0 Å². The highest BCUT2D eigenvalue weighted by atomic mass is 127. The van der Waals surface area contributed by atoms with Crippen LogP contribution in [0, 0.1) is 0 Å². The molecule has 1 saturated heterocycles. The molecule has 0 amide bonds. The fraction of sp³-hybridized carbons (Fsp3) is 0.650. The van der Waals surface area contributed by atoms with Crippen molar-refractivity contribution in [3.05, 3.63) is 35.9 Å². The van der Waals surface area contributed by atoms with Crippen molar-refractivity contribution in [1.29, 1.82) is 0 Å². The Hall–Kier alpha value is -0.910. The maximum absolute atomic E-state index is 12.2. The number of rotatable bonds is 10. The second kappa shape index (κ2) is 14.2. The molecule has 2 unspecified atom stereocenters. The van der Waals surface area contributed by atoms with E-state index in [4.69, 9.17) is 4.74 Å². The highest BCUT2D eigenvalue weighted by Gasteiger charge is 2.17. The van der Waals surface area contributed by atoms with Crippen molar-refractivity contribution < 1.29 is 13.2 Å². The minimum atomic E-state index is -3.33. The van der Waals surface area contributed by atoms with Crippen LogP contribution in [0.15, 0.2) is 35.3 Å². The highest BCUT2D eigenvalue weighted by molar-refractivity contribution is 14.0. The van der Waals surface area contributed by atoms with E-state index >= 15 is 0 Å². The number of hydrogen-bond acceptors (Lipinski definition) is 4. The minimum absolute atomic E-state index is 0. The lowest BCUT2D eigenvalue weighted by atomic mass is 10.1. The molecule has 0 spiro atoms. The smallest absolute Gasteiger partial charge is 0.213 e. The first kappa shape index (κ1) is 26.1. The summed E-state index contributed by atoms with van der Waals surface area (Å²) in [6.07, 6.45) is 5.01. The van der Waals surface area contributed by atoms with Crippen LogP contribution in [0.25, 0.3) is 0 Å². The molecule has 1 aromatic rings. The molecule has 0 radical (unpaired) electrons. The average molecular weight is 538 g/mol. The van der Waals surface area contributed by atoms with Crippen molar-refractivity contribution in [3.8, 4) is 0 Å². The summed E-state index contributed by atoms with van der Waals surface area (Å²) in [5.74, 6) is 0.616. The van der Waals surface area contributed by atoms with Gasteiger partial charge in [0.15, 0.2) is 5.96 Å². The third-order valence-corrected chi connectivity index (χ3v) is 6.13. The highest BCUT2D eigenvalue weighted by Crippen LogP contribution is 2.11. The Bertz CT molecular complexity index is 695. The number of sulfonamides is 1. The molecule has 29 heavy (non-hydrogen) atoms. The van der Waals surface area contributed by atoms with E-state index in [1.165, 1.54) is 5.56 Å². The zero-order valence-electron chi connectivity index (χ0n) is 17.4. The molecule has 1 heterocycles. The summed E-state index contributed by atoms with van der Waals surface area (Å²) in [5.41, 5.74) is 1.30. The molecule has 2 atom stereocenters. The second-order valence-electron chi connectivity index (χ2n) is 7.22. The van der Waals surface area contributed by atoms with Gasteiger partial charge in [0.05, 0.1) is 11.9 Å². The Balaban J connectivity index is 0.00000420. The molecule has 2 rings (SSSR count). The number of halogens is 1. The summed E-state index contributed by atoms with van der Waals surface area (Å²) in [7, 11) is -1.65. The molecule has 3 N–H and O–H groups in total. The van der Waals surface area contributed by atoms with Crippen LogP contribution in [0.2, 0.25) is 0 Å². The van der Waals surface area contributed by atoms with Crippen LogP contribution < -0.4 is 15.4 Å². The van der Waals surface area contributed by atoms with Crippen molar-refractivity contribution in [3.63, 3.8) is 0 Å². The maximum Gasteiger partial charge on any atom is 0.213 e. The molecule has 9 heteroatoms. The lowest BCUT2D eigenvalue weighted by Gasteiger charge is -2.22. The summed E-state index contributed by atoms with van der Waals surface area (Å²) in [4.78, 5) is 4.18. The van der Waals surface area contributed by atoms with E-state index in [-0.39, 0.29) is 41.9 Å². The normalized spacial score (nSPS) is 18.6. The molecule has 0 aliphatic carbocycles. The number of aryl methyl sites for hydroxylation is 1. The van der Waals surface area contributed by atoms with Gasteiger partial charge in [0, 0.05) is 32.8 Å². The Morgan fingerprint density at radius 3 is 2.69 bits per heavy atom. The van der Waals surface area contributed by atoms with Gasteiger partial charge < -0.3 is 15.4 Å². The van der Waals surface area contributed by atoms with Crippen LogP contribution in [0.3, 0.4) is 0 Å². The SMILES string of the molecule is CN=C(NCCS(=O)(=O)NCC1CCCCO1)NC(C)CCc1ccccc1.I. The van der Waals surface area contributed by atoms with E-state index in [9.17, 15) is 8.42 Å². The van der Waals surface area contributed by atoms with E-state index in [1.807, 2.05) is 18.2 Å². The lowest BCUT2D eigenvalue weighted by molar-refractivity contribution is 0.0200. The molecule has 166 valence electrons. The topological polar surface area (TPSA) is 91.8 Å². The van der Waals surface area contributed by atoms with Gasteiger partial charge in [-0.1, -0.05) is 30.3 Å². The van der Waals surface area contributed by atoms with Gasteiger partial charge in [-0.15, -0.1) is 24.0 Å². The van der Waals surface area contributed by atoms with E-state index < -0.39 is 10.0 Å². The van der Waals surface area contributed by atoms with E-state index in [0.29, 0.717) is 19.0 Å². The zero-order valence-corrected chi connectivity index (χ0v) is 20.5. The number of ether oxygens (including phenoxy) is 1. The maximum atomic E-state index is 12.2. The molecule has 1 aliphatic heterocycles. The molecule has 0 bridgehead atoms. The number of nitrogens with zero attached hydrogens (tertiary/aromatic N) is 1. The van der Waals surface area contributed by atoms with Gasteiger partial charge in [0.25, 0.3) is 0 Å². The molecule has 1 fully saturated rings. The van der Waals surface area contributed by atoms with Crippen LogP contribution in [0.5, 0.6) is 0 Å². The van der Waals surface area contributed by atoms with Crippen molar-refractivity contribution in [2.24, 2.45) is 4.99 Å². The van der Waals surface area contributed by atoms with Gasteiger partial charge in [-0.05, 0) is 44.6 Å². The monoisotopic (exact) mass is 538 g/mol. The predicted octanol–water partition coefficient (Wildman–Crippen LogP) is 2.28. The predicted molar refractivity (Wildman–Crippen MR) is 130 cm³/mol. The van der Waals surface area contributed by atoms with Crippen molar-refractivity contribution in [2.45, 2.75) is 51.2 Å². The summed E-state index contributed by atoms with van der Waals surface area (Å²) < 4.78 is 32.5. The first-order valence-electron chi connectivity index (χ1n) is 10.1. The largest absolute Gasteiger partial charge is 0.377 e. The standard InChI is InChI=1S/C20H34N4O3S.HI/c1-17(11-12-18-8-4-3-5-9-18)24-20(21-2)22-13-15-28(25,26)23-16-19-10-6-7-14-27-19;/h3-5,8-9,17,19,23H,6-7,10-16H2,1-2H3,(H2,21,22,24);1H. The summed E-state index contributed by atoms with van der Waals surface area (Å²) in [6, 6.07) is 10.6. The van der Waals surface area contributed by atoms with E-state index in [0.717, 1.165) is 38.7 Å². The Kier molecular flexibility index (Phi) is 12.8. The molecule has 7 nitrogen and oxygen atoms in total. The molecule has 0 saturated carbocycles. The van der Waals surface area contributed by atoms with Gasteiger partial charge in [-0.3, -0.25) is 4.99 Å². The molecular weight excluding hydrogens is 503 g/mol. The third kappa shape index (κ3) is 11.2. The number of guanidine groups is 1. The summed E-state index contributed by atoms with van der Waals surface area (Å²) in [6.45, 7) is 3.47. The molecule has 1 aliphatic rings. The van der Waals surface area contributed by atoms with Crippen molar-refractivity contribution >= 4 is 40.0 Å². The number of hydrogen-bond donors (Lipinski definition) is 3. The van der Waals surface area contributed by atoms with Crippen LogP contribution in [-0.2, 0) is 21.2 Å². The van der Waals surface area contributed by atoms with Gasteiger partial charge in [-0.2, -0.15) is 0 Å². The first-order valence-corrected chi connectivity index (χ1v) is 11.7. The fourth-order valence-corrected chi connectivity index (χ4v) is 4.05. The van der Waals surface area contributed by atoms with Gasteiger partial charge in [0.2, 0.25) is 10.0 Å². The third-order valence-electron chi connectivity index (χ3n) is 4.78. The van der Waals surface area contributed by atoms with Crippen molar-refractivity contribution in [1.82, 2.24) is 15.4 Å². The average Bonchev–Trinajstić information content (AvgIpc) is 2.71. The van der Waals surface area contributed by atoms with Gasteiger partial charge in [-0.25, -0.2) is 13.1 Å². The number of benzene rings is 1. The lowest BCUT2D eigenvalue weighted by Crippen LogP contribution is -2.45. The minimum Gasteiger partial charge on any atom is -0.377 e. The molecule has 1 aromatic carbocycles. The fourth-order valence-electron chi connectivity index (χ4n) is 3.09. The first-order chi connectivity index (χ1) is 13.5. The Morgan fingerprint density at radius 1 is 1.28 bits per heavy atom. The number of nitrogens with one attached hydrogen (secondary N) is 3. The van der Waals surface area contributed by atoms with E-state index in [1.54, 1.807) is 7.05 Å². The number of aliphatic imine (C=N–C) groups is 1. The van der Waals surface area contributed by atoms with Crippen LogP contribution in [0.4, 0.5) is 0 Å². The van der Waals surface area contributed by atoms with Crippen LogP contribution in [-0.4, -0.2) is 59.0 Å². The zero-order chi connectivity index (χ0) is 20.2. The summed E-state index contributed by atoms with van der Waals surface area (Å²) in [5, 5.41) is 6.39. The molecular formula is C20H35IN4O3S. The molecule has 0 aromatic heterocycles. The Labute approximate surface area is 192 Å². The van der Waals surface area contributed by atoms with E-state index in [2.05, 4.69) is 39.4 Å².